The van der Waals surface area contributed by atoms with Crippen LogP contribution in [0.1, 0.15) is 0 Å². The number of aliphatic carboxylic acids is 1. The second-order valence-electron chi connectivity index (χ2n) is 1.35. The van der Waals surface area contributed by atoms with E-state index in [1.165, 1.54) is 0 Å². The minimum absolute atomic E-state index is 0.785. The van der Waals surface area contributed by atoms with E-state index in [0.717, 1.165) is 0 Å². The Kier molecular flexibility index (Phi) is 2.81. The Morgan fingerprint density at radius 3 is 2.00 bits per heavy atom. The van der Waals surface area contributed by atoms with E-state index in [4.69, 9.17) is 16.6 Å². The first-order chi connectivity index (χ1) is 3.55. The van der Waals surface area contributed by atoms with Crippen LogP contribution in [0, 0.1) is 0 Å². The fraction of sp³-hybridized carbons (Fsp3) is 0.667. The highest BCUT2D eigenvalue weighted by atomic mass is 32.1. The van der Waals surface area contributed by atoms with Crippen LogP contribution in [0.2, 0.25) is 0 Å². The third kappa shape index (κ3) is 2.15. The molecule has 0 amide bonds. The molecule has 48 valence electrons. The quantitative estimate of drug-likeness (QED) is 0.278. The van der Waals surface area contributed by atoms with E-state index in [2.05, 4.69) is 12.6 Å². The van der Waals surface area contributed by atoms with Gasteiger partial charge < -0.3 is 16.6 Å². The molecule has 0 bridgehead atoms. The summed E-state index contributed by atoms with van der Waals surface area (Å²) in [6.07, 6.45) is 0. The lowest BCUT2D eigenvalue weighted by Crippen LogP contribution is -2.43. The van der Waals surface area contributed by atoms with E-state index in [-0.39, 0.29) is 0 Å². The number of hydrogen-bond acceptors (Lipinski definition) is 4. The van der Waals surface area contributed by atoms with Gasteiger partial charge in [-0.1, -0.05) is 0 Å². The van der Waals surface area contributed by atoms with Gasteiger partial charge in [0.25, 0.3) is 0 Å². The lowest BCUT2D eigenvalue weighted by atomic mass is 10.3. The van der Waals surface area contributed by atoms with Crippen LogP contribution in [0.25, 0.3) is 0 Å². The summed E-state index contributed by atoms with van der Waals surface area (Å²) in [4.78, 5) is 9.89. The first-order valence-corrected chi connectivity index (χ1v) is 2.49. The van der Waals surface area contributed by atoms with Crippen LogP contribution >= 0.6 is 12.6 Å². The zero-order valence-electron chi connectivity index (χ0n) is 4.11. The van der Waals surface area contributed by atoms with Crippen molar-refractivity contribution in [3.8, 4) is 0 Å². The largest absolute Gasteiger partial charge is 0.480 e. The highest BCUT2D eigenvalue weighted by Crippen LogP contribution is 1.89. The molecule has 0 aromatic carbocycles. The molecule has 0 saturated carbocycles. The maximum absolute atomic E-state index is 9.89. The third-order valence-electron chi connectivity index (χ3n) is 0.653. The number of rotatable bonds is 2. The molecule has 0 spiro atoms. The van der Waals surface area contributed by atoms with Gasteiger partial charge in [0.1, 0.15) is 6.04 Å². The minimum Gasteiger partial charge on any atom is -0.480 e. The standard InChI is InChI=1S/C3H8N2O2S/c4-1(2(5)8)3(6)7/h1-2,8H,4-5H2,(H,6,7). The first-order valence-electron chi connectivity index (χ1n) is 1.97. The second-order valence-corrected chi connectivity index (χ2v) is 1.95. The summed E-state index contributed by atoms with van der Waals surface area (Å²) in [6, 6.07) is -1.07. The molecule has 0 rings (SSSR count). The molecule has 0 aliphatic heterocycles. The normalized spacial score (nSPS) is 17.4. The van der Waals surface area contributed by atoms with Crippen LogP contribution in [0.4, 0.5) is 0 Å². The molecule has 4 nitrogen and oxygen atoms in total. The van der Waals surface area contributed by atoms with Crippen LogP contribution in [-0.4, -0.2) is 22.5 Å². The molecule has 0 fully saturated rings. The van der Waals surface area contributed by atoms with Gasteiger partial charge in [0.15, 0.2) is 0 Å². The zero-order valence-corrected chi connectivity index (χ0v) is 5.01. The Balaban J connectivity index is 3.64. The second kappa shape index (κ2) is 2.91. The van der Waals surface area contributed by atoms with Crippen molar-refractivity contribution in [2.75, 3.05) is 0 Å². The topological polar surface area (TPSA) is 89.3 Å². The predicted molar refractivity (Wildman–Crippen MR) is 32.6 cm³/mol. The van der Waals surface area contributed by atoms with Crippen molar-refractivity contribution in [3.63, 3.8) is 0 Å². The van der Waals surface area contributed by atoms with E-state index in [1.54, 1.807) is 0 Å². The van der Waals surface area contributed by atoms with Crippen LogP contribution in [0.3, 0.4) is 0 Å². The van der Waals surface area contributed by atoms with E-state index in [9.17, 15) is 4.79 Å². The monoisotopic (exact) mass is 136 g/mol. The van der Waals surface area contributed by atoms with Crippen molar-refractivity contribution in [2.24, 2.45) is 11.5 Å². The summed E-state index contributed by atoms with van der Waals surface area (Å²) >= 11 is 3.60. The molecule has 0 aliphatic rings. The molecule has 5 heteroatoms. The SMILES string of the molecule is NC(S)C(N)C(=O)O. The van der Waals surface area contributed by atoms with Gasteiger partial charge in [0.05, 0.1) is 5.37 Å². The number of carbonyl (C=O) groups is 1. The maximum Gasteiger partial charge on any atom is 0.322 e. The summed E-state index contributed by atoms with van der Waals surface area (Å²) in [5, 5.41) is 7.31. The Morgan fingerprint density at radius 2 is 2.00 bits per heavy atom. The van der Waals surface area contributed by atoms with Gasteiger partial charge in [-0.25, -0.2) is 0 Å². The van der Waals surface area contributed by atoms with Crippen molar-refractivity contribution < 1.29 is 9.90 Å². The van der Waals surface area contributed by atoms with Crippen LogP contribution in [0.5, 0.6) is 0 Å². The summed E-state index contributed by atoms with van der Waals surface area (Å²) < 4.78 is 0. The van der Waals surface area contributed by atoms with Gasteiger partial charge in [0.2, 0.25) is 0 Å². The van der Waals surface area contributed by atoms with E-state index in [0.29, 0.717) is 0 Å². The highest BCUT2D eigenvalue weighted by molar-refractivity contribution is 7.81. The number of hydrogen-bond donors (Lipinski definition) is 4. The van der Waals surface area contributed by atoms with Gasteiger partial charge in [0, 0.05) is 0 Å². The molecule has 2 unspecified atom stereocenters. The molecule has 0 heterocycles. The molecule has 0 radical (unpaired) electrons. The molecule has 5 N–H and O–H groups in total. The van der Waals surface area contributed by atoms with Gasteiger partial charge in [-0.3, -0.25) is 4.79 Å². The summed E-state index contributed by atoms with van der Waals surface area (Å²) in [7, 11) is 0. The Labute approximate surface area is 52.3 Å². The van der Waals surface area contributed by atoms with Crippen molar-refractivity contribution >= 4 is 18.6 Å². The number of carboxylic acids is 1. The fourth-order valence-corrected chi connectivity index (χ4v) is 0.274. The summed E-state index contributed by atoms with van der Waals surface area (Å²) in [6.45, 7) is 0. The number of carboxylic acid groups (broad SMARTS) is 1. The average molecular weight is 136 g/mol. The van der Waals surface area contributed by atoms with Crippen LogP contribution < -0.4 is 11.5 Å². The summed E-state index contributed by atoms with van der Waals surface area (Å²) in [5.74, 6) is -1.13. The molecule has 8 heavy (non-hydrogen) atoms. The zero-order chi connectivity index (χ0) is 6.73. The molecule has 0 aliphatic carbocycles. The van der Waals surface area contributed by atoms with Gasteiger partial charge in [-0.05, 0) is 0 Å². The van der Waals surface area contributed by atoms with E-state index >= 15 is 0 Å². The van der Waals surface area contributed by atoms with Crippen LogP contribution in [-0.2, 0) is 4.79 Å². The predicted octanol–water partition coefficient (Wildman–Crippen LogP) is -1.39. The van der Waals surface area contributed by atoms with Crippen molar-refractivity contribution in [3.05, 3.63) is 0 Å². The highest BCUT2D eigenvalue weighted by Gasteiger charge is 2.15. The van der Waals surface area contributed by atoms with Gasteiger partial charge in [-0.2, -0.15) is 12.6 Å². The molecule has 0 saturated heterocycles. The number of nitrogens with two attached hydrogens (primary N) is 2. The molecule has 0 aromatic rings. The minimum atomic E-state index is -1.13. The maximum atomic E-state index is 9.89. The molecule has 0 aromatic heterocycles. The van der Waals surface area contributed by atoms with Crippen LogP contribution in [0.15, 0.2) is 0 Å². The Morgan fingerprint density at radius 1 is 1.62 bits per heavy atom. The van der Waals surface area contributed by atoms with Crippen molar-refractivity contribution in [2.45, 2.75) is 11.4 Å². The lowest BCUT2D eigenvalue weighted by molar-refractivity contribution is -0.138. The third-order valence-corrected chi connectivity index (χ3v) is 0.974. The smallest absolute Gasteiger partial charge is 0.322 e. The Bertz CT molecular complexity index is 95.3. The average Bonchev–Trinajstić information content (AvgIpc) is 1.64. The first kappa shape index (κ1) is 7.74. The van der Waals surface area contributed by atoms with Crippen molar-refractivity contribution in [1.29, 1.82) is 0 Å². The Hall–Kier alpha value is -0.260. The van der Waals surface area contributed by atoms with E-state index in [1.807, 2.05) is 0 Å². The summed E-state index contributed by atoms with van der Waals surface area (Å²) in [5.41, 5.74) is 9.95. The lowest BCUT2D eigenvalue weighted by Gasteiger charge is -2.07. The van der Waals surface area contributed by atoms with Crippen molar-refractivity contribution in [1.82, 2.24) is 0 Å². The molecular weight excluding hydrogens is 128 g/mol. The number of thiol groups is 1. The fourth-order valence-electron chi connectivity index (χ4n) is 0.146. The molecule has 2 atom stereocenters. The van der Waals surface area contributed by atoms with Gasteiger partial charge >= 0.3 is 5.97 Å². The van der Waals surface area contributed by atoms with Gasteiger partial charge in [-0.15, -0.1) is 0 Å². The molecular formula is C3H8N2O2S. The van der Waals surface area contributed by atoms with E-state index < -0.39 is 17.4 Å².